The average Bonchev–Trinajstić information content (AvgIpc) is 3.32. The SMILES string of the molecule is Cc1ccc(-c2scc(NC(=O)c3ccc4occc4c3)c2C(=O)O)c(F)c1F. The molecule has 2 N–H and O–H groups in total. The summed E-state index contributed by atoms with van der Waals surface area (Å²) in [6.45, 7) is 1.41. The quantitative estimate of drug-likeness (QED) is 0.450. The molecule has 0 atom stereocenters. The van der Waals surface area contributed by atoms with E-state index in [0.717, 1.165) is 16.7 Å². The van der Waals surface area contributed by atoms with Crippen LogP contribution in [0.4, 0.5) is 14.5 Å². The van der Waals surface area contributed by atoms with Crippen LogP contribution in [0.5, 0.6) is 0 Å². The van der Waals surface area contributed by atoms with Crippen molar-refractivity contribution in [2.45, 2.75) is 6.92 Å². The number of hydrogen-bond donors (Lipinski definition) is 2. The number of furan rings is 1. The van der Waals surface area contributed by atoms with E-state index in [-0.39, 0.29) is 27.3 Å². The summed E-state index contributed by atoms with van der Waals surface area (Å²) in [4.78, 5) is 24.4. The van der Waals surface area contributed by atoms with Gasteiger partial charge in [0, 0.05) is 21.9 Å². The van der Waals surface area contributed by atoms with E-state index in [2.05, 4.69) is 5.32 Å². The van der Waals surface area contributed by atoms with E-state index in [9.17, 15) is 23.5 Å². The van der Waals surface area contributed by atoms with Crippen LogP contribution in [0.2, 0.25) is 0 Å². The van der Waals surface area contributed by atoms with Gasteiger partial charge in [0.1, 0.15) is 11.1 Å². The number of nitrogens with one attached hydrogen (secondary N) is 1. The highest BCUT2D eigenvalue weighted by atomic mass is 32.1. The summed E-state index contributed by atoms with van der Waals surface area (Å²) in [5.41, 5.74) is 0.571. The molecular weight excluding hydrogens is 400 g/mol. The molecule has 0 aliphatic heterocycles. The third-order valence-electron chi connectivity index (χ3n) is 4.49. The maximum Gasteiger partial charge on any atom is 0.339 e. The van der Waals surface area contributed by atoms with Crippen LogP contribution in [0.15, 0.2) is 52.5 Å². The Hall–Kier alpha value is -3.52. The Labute approximate surface area is 167 Å². The number of hydrogen-bond acceptors (Lipinski definition) is 4. The van der Waals surface area contributed by atoms with Gasteiger partial charge in [0.2, 0.25) is 0 Å². The number of fused-ring (bicyclic) bond motifs is 1. The molecule has 4 rings (SSSR count). The van der Waals surface area contributed by atoms with Crippen LogP contribution >= 0.6 is 11.3 Å². The number of carbonyl (C=O) groups is 2. The molecule has 4 aromatic rings. The highest BCUT2D eigenvalue weighted by molar-refractivity contribution is 7.14. The van der Waals surface area contributed by atoms with Gasteiger partial charge in [0.05, 0.1) is 16.8 Å². The van der Waals surface area contributed by atoms with E-state index < -0.39 is 23.5 Å². The van der Waals surface area contributed by atoms with Crippen LogP contribution < -0.4 is 5.32 Å². The second-order valence-corrected chi connectivity index (χ2v) is 7.22. The zero-order valence-corrected chi connectivity index (χ0v) is 15.8. The van der Waals surface area contributed by atoms with Crippen molar-refractivity contribution in [1.29, 1.82) is 0 Å². The fourth-order valence-corrected chi connectivity index (χ4v) is 4.00. The number of aryl methyl sites for hydroxylation is 1. The molecule has 0 unspecified atom stereocenters. The Bertz CT molecular complexity index is 1280. The van der Waals surface area contributed by atoms with E-state index in [4.69, 9.17) is 4.42 Å². The minimum absolute atomic E-state index is 0.00942. The smallest absolute Gasteiger partial charge is 0.339 e. The molecule has 2 aromatic heterocycles. The molecule has 8 heteroatoms. The number of carbonyl (C=O) groups excluding carboxylic acids is 1. The predicted molar refractivity (Wildman–Crippen MR) is 106 cm³/mol. The first-order valence-corrected chi connectivity index (χ1v) is 9.33. The van der Waals surface area contributed by atoms with E-state index in [1.165, 1.54) is 30.7 Å². The molecular formula is C21H13F2NO4S. The van der Waals surface area contributed by atoms with Gasteiger partial charge >= 0.3 is 5.97 Å². The van der Waals surface area contributed by atoms with Crippen molar-refractivity contribution >= 4 is 39.9 Å². The third-order valence-corrected chi connectivity index (χ3v) is 5.50. The lowest BCUT2D eigenvalue weighted by atomic mass is 10.1. The maximum absolute atomic E-state index is 14.4. The average molecular weight is 413 g/mol. The molecule has 2 aromatic carbocycles. The van der Waals surface area contributed by atoms with Gasteiger partial charge in [-0.25, -0.2) is 13.6 Å². The first-order valence-electron chi connectivity index (χ1n) is 8.45. The summed E-state index contributed by atoms with van der Waals surface area (Å²) in [5, 5.41) is 14.3. The molecule has 2 heterocycles. The lowest BCUT2D eigenvalue weighted by Crippen LogP contribution is -2.14. The monoisotopic (exact) mass is 413 g/mol. The minimum Gasteiger partial charge on any atom is -0.478 e. The predicted octanol–water partition coefficient (Wildman–Crippen LogP) is 5.70. The Morgan fingerprint density at radius 2 is 1.90 bits per heavy atom. The maximum atomic E-state index is 14.4. The van der Waals surface area contributed by atoms with Crippen LogP contribution in [0.1, 0.15) is 26.3 Å². The van der Waals surface area contributed by atoms with Gasteiger partial charge < -0.3 is 14.8 Å². The van der Waals surface area contributed by atoms with Crippen LogP contribution in [0, 0.1) is 18.6 Å². The van der Waals surface area contributed by atoms with Gasteiger partial charge in [0.25, 0.3) is 5.91 Å². The molecule has 0 radical (unpaired) electrons. The summed E-state index contributed by atoms with van der Waals surface area (Å²) in [6.07, 6.45) is 1.50. The summed E-state index contributed by atoms with van der Waals surface area (Å²) in [5.74, 6) is -4.05. The molecule has 0 saturated carbocycles. The van der Waals surface area contributed by atoms with Gasteiger partial charge in [-0.15, -0.1) is 11.3 Å². The third kappa shape index (κ3) is 3.27. The standard InChI is InChI=1S/C21H13F2NO4S/c1-10-2-4-13(18(23)17(10)22)19-16(21(26)27)14(9-29-19)24-20(25)12-3-5-15-11(8-12)6-7-28-15/h2-9H,1H3,(H,24,25)(H,26,27). The number of anilines is 1. The number of carboxylic acid groups (broad SMARTS) is 1. The highest BCUT2D eigenvalue weighted by Gasteiger charge is 2.25. The summed E-state index contributed by atoms with van der Waals surface area (Å²) >= 11 is 0.910. The lowest BCUT2D eigenvalue weighted by Gasteiger charge is -2.08. The molecule has 0 spiro atoms. The number of amides is 1. The fourth-order valence-electron chi connectivity index (χ4n) is 2.98. The second kappa shape index (κ2) is 7.14. The Balaban J connectivity index is 1.72. The van der Waals surface area contributed by atoms with Crippen molar-refractivity contribution in [3.63, 3.8) is 0 Å². The van der Waals surface area contributed by atoms with Crippen molar-refractivity contribution in [1.82, 2.24) is 0 Å². The second-order valence-electron chi connectivity index (χ2n) is 6.34. The number of thiophene rings is 1. The summed E-state index contributed by atoms with van der Waals surface area (Å²) in [7, 11) is 0. The first kappa shape index (κ1) is 18.8. The van der Waals surface area contributed by atoms with Crippen molar-refractivity contribution < 1.29 is 27.9 Å². The number of aromatic carboxylic acids is 1. The highest BCUT2D eigenvalue weighted by Crippen LogP contribution is 2.38. The summed E-state index contributed by atoms with van der Waals surface area (Å²) in [6, 6.07) is 9.18. The molecule has 29 heavy (non-hydrogen) atoms. The van der Waals surface area contributed by atoms with Crippen molar-refractivity contribution in [3.8, 4) is 10.4 Å². The van der Waals surface area contributed by atoms with Crippen molar-refractivity contribution in [2.24, 2.45) is 0 Å². The molecule has 1 amide bonds. The molecule has 5 nitrogen and oxygen atoms in total. The Morgan fingerprint density at radius 1 is 1.10 bits per heavy atom. The molecule has 0 saturated heterocycles. The normalized spacial score (nSPS) is 11.0. The van der Waals surface area contributed by atoms with Gasteiger partial charge in [-0.2, -0.15) is 0 Å². The lowest BCUT2D eigenvalue weighted by molar-refractivity contribution is 0.0699. The topological polar surface area (TPSA) is 79.5 Å². The van der Waals surface area contributed by atoms with E-state index >= 15 is 0 Å². The van der Waals surface area contributed by atoms with Crippen LogP contribution in [-0.2, 0) is 0 Å². The van der Waals surface area contributed by atoms with Crippen molar-refractivity contribution in [2.75, 3.05) is 5.32 Å². The van der Waals surface area contributed by atoms with Gasteiger partial charge in [-0.3, -0.25) is 4.79 Å². The minimum atomic E-state index is -1.36. The van der Waals surface area contributed by atoms with Crippen LogP contribution in [0.3, 0.4) is 0 Å². The van der Waals surface area contributed by atoms with Crippen molar-refractivity contribution in [3.05, 3.63) is 76.4 Å². The number of benzene rings is 2. The summed E-state index contributed by atoms with van der Waals surface area (Å²) < 4.78 is 33.6. The largest absolute Gasteiger partial charge is 0.478 e. The zero-order valence-electron chi connectivity index (χ0n) is 15.0. The van der Waals surface area contributed by atoms with Crippen LogP contribution in [-0.4, -0.2) is 17.0 Å². The number of carboxylic acids is 1. The fraction of sp³-hybridized carbons (Fsp3) is 0.0476. The van der Waals surface area contributed by atoms with E-state index in [1.807, 2.05) is 0 Å². The number of rotatable bonds is 4. The van der Waals surface area contributed by atoms with Gasteiger partial charge in [0.15, 0.2) is 11.6 Å². The van der Waals surface area contributed by atoms with Crippen LogP contribution in [0.25, 0.3) is 21.4 Å². The van der Waals surface area contributed by atoms with E-state index in [1.54, 1.807) is 24.3 Å². The molecule has 0 aliphatic rings. The Morgan fingerprint density at radius 3 is 2.66 bits per heavy atom. The molecule has 146 valence electrons. The zero-order chi connectivity index (χ0) is 20.7. The molecule has 0 bridgehead atoms. The van der Waals surface area contributed by atoms with E-state index in [0.29, 0.717) is 11.1 Å². The van der Waals surface area contributed by atoms with Gasteiger partial charge in [-0.1, -0.05) is 12.1 Å². The van der Waals surface area contributed by atoms with Gasteiger partial charge in [-0.05, 0) is 36.8 Å². The molecule has 0 aliphatic carbocycles. The number of halogens is 2. The Kier molecular flexibility index (Phi) is 4.63. The molecule has 0 fully saturated rings. The first-order chi connectivity index (χ1) is 13.9.